The highest BCUT2D eigenvalue weighted by atomic mass is 16.2. The van der Waals surface area contributed by atoms with E-state index >= 15 is 0 Å². The zero-order valence-corrected chi connectivity index (χ0v) is 21.6. The lowest BCUT2D eigenvalue weighted by atomic mass is 9.69. The predicted molar refractivity (Wildman–Crippen MR) is 143 cm³/mol. The van der Waals surface area contributed by atoms with Crippen LogP contribution in [0.2, 0.25) is 0 Å². The number of anilines is 2. The first-order valence-electron chi connectivity index (χ1n) is 12.9. The Bertz CT molecular complexity index is 1350. The van der Waals surface area contributed by atoms with Crippen LogP contribution in [0, 0.1) is 0 Å². The highest BCUT2D eigenvalue weighted by molar-refractivity contribution is 6.03. The highest BCUT2D eigenvalue weighted by Crippen LogP contribution is 2.46. The molecule has 0 atom stereocenters. The maximum atomic E-state index is 13.1. The largest absolute Gasteiger partial charge is 0.330 e. The van der Waals surface area contributed by atoms with Gasteiger partial charge in [0.15, 0.2) is 5.82 Å². The Hall–Kier alpha value is -3.78. The molecule has 2 aromatic carbocycles. The third kappa shape index (κ3) is 3.78. The molecule has 1 saturated heterocycles. The van der Waals surface area contributed by atoms with E-state index in [4.69, 9.17) is 0 Å². The SMILES string of the molecule is CN1C(=O)Cc2c(-c3ncc(N4C[C@]5(CC[C@@](c6ccccc6)(N(C)C)CC5)NC4=O)cn3)cccc21. The fraction of sp³-hybridized carbons (Fsp3) is 0.379. The topological polar surface area (TPSA) is 81.7 Å². The summed E-state index contributed by atoms with van der Waals surface area (Å²) in [6, 6.07) is 16.4. The molecule has 6 rings (SSSR count). The Kier molecular flexibility index (Phi) is 5.53. The fourth-order valence-corrected chi connectivity index (χ4v) is 6.37. The molecule has 8 nitrogen and oxygen atoms in total. The van der Waals surface area contributed by atoms with Crippen LogP contribution in [0.25, 0.3) is 11.4 Å². The number of hydrogen-bond acceptors (Lipinski definition) is 5. The first-order valence-corrected chi connectivity index (χ1v) is 12.9. The molecule has 3 aromatic rings. The molecular weight excluding hydrogens is 464 g/mol. The van der Waals surface area contributed by atoms with Gasteiger partial charge in [-0.15, -0.1) is 0 Å². The second kappa shape index (κ2) is 8.66. The maximum Gasteiger partial charge on any atom is 0.322 e. The van der Waals surface area contributed by atoms with Crippen LogP contribution in [0.4, 0.5) is 16.2 Å². The van der Waals surface area contributed by atoms with Crippen molar-refractivity contribution >= 4 is 23.3 Å². The van der Waals surface area contributed by atoms with E-state index in [0.717, 1.165) is 42.5 Å². The van der Waals surface area contributed by atoms with Gasteiger partial charge in [0.25, 0.3) is 0 Å². The van der Waals surface area contributed by atoms with Gasteiger partial charge in [-0.25, -0.2) is 14.8 Å². The van der Waals surface area contributed by atoms with Crippen molar-refractivity contribution in [3.63, 3.8) is 0 Å². The van der Waals surface area contributed by atoms with Crippen molar-refractivity contribution in [3.8, 4) is 11.4 Å². The van der Waals surface area contributed by atoms with Crippen molar-refractivity contribution in [3.05, 3.63) is 72.1 Å². The van der Waals surface area contributed by atoms with E-state index in [1.807, 2.05) is 18.2 Å². The number of nitrogens with zero attached hydrogens (tertiary/aromatic N) is 5. The summed E-state index contributed by atoms with van der Waals surface area (Å²) in [4.78, 5) is 40.3. The number of rotatable bonds is 4. The third-order valence-electron chi connectivity index (χ3n) is 8.69. The fourth-order valence-electron chi connectivity index (χ4n) is 6.37. The van der Waals surface area contributed by atoms with Gasteiger partial charge in [-0.05, 0) is 57.0 Å². The summed E-state index contributed by atoms with van der Waals surface area (Å²) in [6.45, 7) is 0.604. The molecule has 1 N–H and O–H groups in total. The van der Waals surface area contributed by atoms with Crippen molar-refractivity contribution < 1.29 is 9.59 Å². The maximum absolute atomic E-state index is 13.1. The molecule has 2 aliphatic heterocycles. The number of carbonyl (C=O) groups excluding carboxylic acids is 2. The molecule has 0 radical (unpaired) electrons. The zero-order valence-electron chi connectivity index (χ0n) is 21.6. The number of benzene rings is 2. The van der Waals surface area contributed by atoms with Crippen molar-refractivity contribution in [2.24, 2.45) is 0 Å². The van der Waals surface area contributed by atoms with Gasteiger partial charge >= 0.3 is 6.03 Å². The lowest BCUT2D eigenvalue weighted by molar-refractivity contribution is -0.117. The van der Waals surface area contributed by atoms with Crippen molar-refractivity contribution in [2.75, 3.05) is 37.5 Å². The number of amides is 3. The average Bonchev–Trinajstić information content (AvgIpc) is 3.40. The Morgan fingerprint density at radius 2 is 1.62 bits per heavy atom. The van der Waals surface area contributed by atoms with Crippen molar-refractivity contribution in [1.29, 1.82) is 0 Å². The Balaban J connectivity index is 1.21. The lowest BCUT2D eigenvalue weighted by Gasteiger charge is -2.48. The Morgan fingerprint density at radius 3 is 2.30 bits per heavy atom. The van der Waals surface area contributed by atoms with E-state index in [9.17, 15) is 9.59 Å². The molecular formula is C29H32N6O2. The second-order valence-electron chi connectivity index (χ2n) is 10.8. The molecule has 3 amide bonds. The van der Waals surface area contributed by atoms with Gasteiger partial charge in [0.05, 0.1) is 36.6 Å². The molecule has 190 valence electrons. The minimum absolute atomic E-state index is 0.0270. The van der Waals surface area contributed by atoms with Crippen LogP contribution in [0.15, 0.2) is 60.9 Å². The van der Waals surface area contributed by atoms with Gasteiger partial charge in [-0.2, -0.15) is 0 Å². The number of urea groups is 1. The summed E-state index contributed by atoms with van der Waals surface area (Å²) < 4.78 is 0. The van der Waals surface area contributed by atoms with Crippen LogP contribution in [-0.4, -0.2) is 60.0 Å². The summed E-state index contributed by atoms with van der Waals surface area (Å²) in [5.41, 5.74) is 4.45. The summed E-state index contributed by atoms with van der Waals surface area (Å²) in [7, 11) is 6.09. The van der Waals surface area contributed by atoms with Crippen molar-refractivity contribution in [1.82, 2.24) is 20.2 Å². The van der Waals surface area contributed by atoms with Crippen molar-refractivity contribution in [2.45, 2.75) is 43.2 Å². The Labute approximate surface area is 217 Å². The second-order valence-corrected chi connectivity index (χ2v) is 10.8. The molecule has 2 fully saturated rings. The van der Waals surface area contributed by atoms with Crippen LogP contribution < -0.4 is 15.1 Å². The van der Waals surface area contributed by atoms with Crippen LogP contribution >= 0.6 is 0 Å². The number of hydrogen-bond donors (Lipinski definition) is 1. The molecule has 0 unspecified atom stereocenters. The molecule has 1 aliphatic carbocycles. The summed E-state index contributed by atoms with van der Waals surface area (Å²) in [6.07, 6.45) is 7.54. The van der Waals surface area contributed by atoms with E-state index in [1.165, 1.54) is 5.56 Å². The van der Waals surface area contributed by atoms with E-state index < -0.39 is 0 Å². The Morgan fingerprint density at radius 1 is 0.919 bits per heavy atom. The van der Waals surface area contributed by atoms with Gasteiger partial charge in [0, 0.05) is 23.8 Å². The molecule has 3 heterocycles. The quantitative estimate of drug-likeness (QED) is 0.591. The van der Waals surface area contributed by atoms with Crippen LogP contribution in [-0.2, 0) is 16.8 Å². The molecule has 3 aliphatic rings. The lowest BCUT2D eigenvalue weighted by Crippen LogP contribution is -2.54. The van der Waals surface area contributed by atoms with E-state index in [1.54, 1.807) is 29.2 Å². The molecule has 8 heteroatoms. The molecule has 1 aromatic heterocycles. The molecule has 0 bridgehead atoms. The standard InChI is InChI=1S/C29H32N6O2/c1-33(2)29(20-8-5-4-6-9-20)14-12-28(13-15-29)19-35(27(37)32-28)21-17-30-26(31-18-21)22-10-7-11-24-23(22)16-25(36)34(24)3/h4-11,17-18H,12-16,19H2,1-3H3,(H,32,37)/t28-,29-. The average molecular weight is 497 g/mol. The normalized spacial score (nSPS) is 25.2. The summed E-state index contributed by atoms with van der Waals surface area (Å²) >= 11 is 0. The number of carbonyl (C=O) groups is 2. The van der Waals surface area contributed by atoms with E-state index in [2.05, 4.69) is 64.6 Å². The third-order valence-corrected chi connectivity index (χ3v) is 8.69. The van der Waals surface area contributed by atoms with Crippen LogP contribution in [0.5, 0.6) is 0 Å². The monoisotopic (exact) mass is 496 g/mol. The first kappa shape index (κ1) is 23.6. The summed E-state index contributed by atoms with van der Waals surface area (Å²) in [5.74, 6) is 0.630. The number of fused-ring (bicyclic) bond motifs is 1. The van der Waals surface area contributed by atoms with Gasteiger partial charge in [0.1, 0.15) is 0 Å². The smallest absolute Gasteiger partial charge is 0.322 e. The first-order chi connectivity index (χ1) is 17.8. The molecule has 37 heavy (non-hydrogen) atoms. The van der Waals surface area contributed by atoms with E-state index in [0.29, 0.717) is 24.5 Å². The van der Waals surface area contributed by atoms with Gasteiger partial charge < -0.3 is 10.2 Å². The minimum atomic E-state index is -0.255. The van der Waals surface area contributed by atoms with E-state index in [-0.39, 0.29) is 23.0 Å². The predicted octanol–water partition coefficient (Wildman–Crippen LogP) is 3.96. The van der Waals surface area contributed by atoms with Gasteiger partial charge in [-0.3, -0.25) is 14.6 Å². The zero-order chi connectivity index (χ0) is 25.8. The minimum Gasteiger partial charge on any atom is -0.330 e. The number of aromatic nitrogens is 2. The molecule has 1 spiro atoms. The highest BCUT2D eigenvalue weighted by Gasteiger charge is 2.50. The van der Waals surface area contributed by atoms with Gasteiger partial charge in [-0.1, -0.05) is 42.5 Å². The van der Waals surface area contributed by atoms with Crippen LogP contribution in [0.1, 0.15) is 36.8 Å². The van der Waals surface area contributed by atoms with Crippen LogP contribution in [0.3, 0.4) is 0 Å². The summed E-state index contributed by atoms with van der Waals surface area (Å²) in [5, 5.41) is 3.31. The molecule has 1 saturated carbocycles. The number of nitrogens with one attached hydrogen (secondary N) is 1. The number of likely N-dealkylation sites (N-methyl/N-ethyl adjacent to an activating group) is 1. The van der Waals surface area contributed by atoms with Gasteiger partial charge in [0.2, 0.25) is 5.91 Å².